The summed E-state index contributed by atoms with van der Waals surface area (Å²) in [6.45, 7) is 2.52. The molecular weight excluding hydrogens is 567 g/mol. The van der Waals surface area contributed by atoms with Gasteiger partial charge in [0.2, 0.25) is 0 Å². The lowest BCUT2D eigenvalue weighted by molar-refractivity contribution is 0.0952. The van der Waals surface area contributed by atoms with Gasteiger partial charge in [0.1, 0.15) is 12.4 Å². The van der Waals surface area contributed by atoms with E-state index >= 15 is 0 Å². The van der Waals surface area contributed by atoms with Crippen LogP contribution in [0.3, 0.4) is 0 Å². The highest BCUT2D eigenvalue weighted by Crippen LogP contribution is 2.34. The van der Waals surface area contributed by atoms with Crippen molar-refractivity contribution in [2.75, 3.05) is 6.61 Å². The molecule has 0 aromatic heterocycles. The van der Waals surface area contributed by atoms with Crippen LogP contribution in [0.4, 0.5) is 0 Å². The minimum absolute atomic E-state index is 0.122. The van der Waals surface area contributed by atoms with Crippen molar-refractivity contribution in [1.82, 2.24) is 5.43 Å². The Kier molecular flexibility index (Phi) is 8.36. The van der Waals surface area contributed by atoms with Gasteiger partial charge >= 0.3 is 0 Å². The van der Waals surface area contributed by atoms with Crippen molar-refractivity contribution in [1.29, 1.82) is 0 Å². The Morgan fingerprint density at radius 3 is 2.47 bits per heavy atom. The first-order valence-corrected chi connectivity index (χ1v) is 12.5. The van der Waals surface area contributed by atoms with Gasteiger partial charge < -0.3 is 14.6 Å². The summed E-state index contributed by atoms with van der Waals surface area (Å²) in [7, 11) is 0. The highest BCUT2D eigenvalue weighted by molar-refractivity contribution is 9.10. The maximum absolute atomic E-state index is 12.6. The van der Waals surface area contributed by atoms with Crippen LogP contribution in [-0.4, -0.2) is 23.8 Å². The molecule has 2 N–H and O–H groups in total. The molecule has 0 bridgehead atoms. The number of amides is 1. The highest BCUT2D eigenvalue weighted by Gasteiger charge is 2.14. The Morgan fingerprint density at radius 2 is 1.75 bits per heavy atom. The molecule has 0 saturated carbocycles. The fraction of sp³-hybridized carbons (Fsp3) is 0.111. The zero-order chi connectivity index (χ0) is 25.7. The van der Waals surface area contributed by atoms with Crippen LogP contribution in [0.2, 0.25) is 10.0 Å². The topological polar surface area (TPSA) is 80.2 Å². The number of rotatable bonds is 8. The molecule has 9 heteroatoms. The molecule has 0 aliphatic carbocycles. The Labute approximate surface area is 226 Å². The summed E-state index contributed by atoms with van der Waals surface area (Å²) in [5, 5.41) is 17.0. The van der Waals surface area contributed by atoms with Gasteiger partial charge in [0.05, 0.1) is 18.4 Å². The van der Waals surface area contributed by atoms with Crippen LogP contribution >= 0.6 is 39.1 Å². The van der Waals surface area contributed by atoms with E-state index in [1.165, 1.54) is 6.21 Å². The van der Waals surface area contributed by atoms with Gasteiger partial charge in [-0.15, -0.1) is 0 Å². The molecule has 0 fully saturated rings. The Morgan fingerprint density at radius 1 is 1.03 bits per heavy atom. The van der Waals surface area contributed by atoms with E-state index in [1.807, 2.05) is 31.2 Å². The Hall–Kier alpha value is -3.26. The predicted molar refractivity (Wildman–Crippen MR) is 147 cm³/mol. The van der Waals surface area contributed by atoms with Crippen LogP contribution < -0.4 is 14.9 Å². The van der Waals surface area contributed by atoms with E-state index < -0.39 is 5.91 Å². The molecule has 4 rings (SSSR count). The van der Waals surface area contributed by atoms with Crippen molar-refractivity contribution in [3.05, 3.63) is 97.9 Å². The molecule has 184 valence electrons. The van der Waals surface area contributed by atoms with E-state index in [-0.39, 0.29) is 17.9 Å². The van der Waals surface area contributed by atoms with Gasteiger partial charge in [-0.1, -0.05) is 53.5 Å². The number of nitrogens with zero attached hydrogens (tertiary/aromatic N) is 1. The van der Waals surface area contributed by atoms with Crippen molar-refractivity contribution in [2.24, 2.45) is 5.10 Å². The number of hydrogen-bond donors (Lipinski definition) is 2. The molecule has 4 aromatic rings. The standard InChI is InChI=1S/C27H21BrCl2N2O4/c1-2-35-25-11-19(22(28)13-26(25)36-15-18-7-8-20(29)12-23(18)30)14-31-32-27(34)21-9-16-5-3-4-6-17(16)10-24(21)33/h3-14,33H,2,15H2,1H3,(H,32,34). The maximum atomic E-state index is 12.6. The maximum Gasteiger partial charge on any atom is 0.275 e. The molecular formula is C27H21BrCl2N2O4. The normalized spacial score (nSPS) is 11.1. The van der Waals surface area contributed by atoms with Crippen molar-refractivity contribution in [2.45, 2.75) is 13.5 Å². The number of carbonyl (C=O) groups is 1. The lowest BCUT2D eigenvalue weighted by atomic mass is 10.1. The van der Waals surface area contributed by atoms with Gasteiger partial charge in [-0.05, 0) is 70.0 Å². The average molecular weight is 588 g/mol. The van der Waals surface area contributed by atoms with Crippen molar-refractivity contribution < 1.29 is 19.4 Å². The molecule has 6 nitrogen and oxygen atoms in total. The quantitative estimate of drug-likeness (QED) is 0.167. The van der Waals surface area contributed by atoms with Crippen molar-refractivity contribution >= 4 is 62.0 Å². The largest absolute Gasteiger partial charge is 0.507 e. The number of aromatic hydroxyl groups is 1. The summed E-state index contributed by atoms with van der Waals surface area (Å²) in [4.78, 5) is 12.6. The van der Waals surface area contributed by atoms with Gasteiger partial charge in [0.15, 0.2) is 11.5 Å². The van der Waals surface area contributed by atoms with Crippen molar-refractivity contribution in [3.63, 3.8) is 0 Å². The van der Waals surface area contributed by atoms with E-state index in [2.05, 4.69) is 26.5 Å². The Balaban J connectivity index is 1.50. The third-order valence-electron chi connectivity index (χ3n) is 5.24. The second-order valence-corrected chi connectivity index (χ2v) is 9.39. The van der Waals surface area contributed by atoms with E-state index in [0.29, 0.717) is 38.2 Å². The zero-order valence-corrected chi connectivity index (χ0v) is 22.2. The number of phenols is 1. The van der Waals surface area contributed by atoms with Crippen LogP contribution in [-0.2, 0) is 6.61 Å². The molecule has 1 amide bonds. The summed E-state index contributed by atoms with van der Waals surface area (Å²) < 4.78 is 12.4. The zero-order valence-electron chi connectivity index (χ0n) is 19.1. The number of halogens is 3. The van der Waals surface area contributed by atoms with Crippen molar-refractivity contribution in [3.8, 4) is 17.2 Å². The molecule has 0 aliphatic heterocycles. The molecule has 0 spiro atoms. The summed E-state index contributed by atoms with van der Waals surface area (Å²) in [6, 6.07) is 19.3. The lowest BCUT2D eigenvalue weighted by Crippen LogP contribution is -2.17. The first-order chi connectivity index (χ1) is 17.4. The molecule has 0 radical (unpaired) electrons. The molecule has 4 aromatic carbocycles. The van der Waals surface area contributed by atoms with Gasteiger partial charge in [0.25, 0.3) is 5.91 Å². The highest BCUT2D eigenvalue weighted by atomic mass is 79.9. The number of phenolic OH excluding ortho intramolecular Hbond substituents is 1. The summed E-state index contributed by atoms with van der Waals surface area (Å²) in [6.07, 6.45) is 1.47. The molecule has 0 atom stereocenters. The summed E-state index contributed by atoms with van der Waals surface area (Å²) in [5.41, 5.74) is 4.02. The lowest BCUT2D eigenvalue weighted by Gasteiger charge is -2.14. The van der Waals surface area contributed by atoms with E-state index in [4.69, 9.17) is 32.7 Å². The van der Waals surface area contributed by atoms with Gasteiger partial charge in [-0.2, -0.15) is 5.10 Å². The van der Waals surface area contributed by atoms with Gasteiger partial charge in [0, 0.05) is 25.6 Å². The number of ether oxygens (including phenoxy) is 2. The van der Waals surface area contributed by atoms with E-state index in [0.717, 1.165) is 16.3 Å². The van der Waals surface area contributed by atoms with Crippen LogP contribution in [0, 0.1) is 0 Å². The number of hydrogen-bond acceptors (Lipinski definition) is 5. The molecule has 0 saturated heterocycles. The van der Waals surface area contributed by atoms with Gasteiger partial charge in [-0.25, -0.2) is 5.43 Å². The summed E-state index contributed by atoms with van der Waals surface area (Å²) in [5.74, 6) is 0.363. The van der Waals surface area contributed by atoms with E-state index in [9.17, 15) is 9.90 Å². The Bertz CT molecular complexity index is 1460. The first-order valence-electron chi connectivity index (χ1n) is 10.9. The fourth-order valence-electron chi connectivity index (χ4n) is 3.46. The number of nitrogens with one attached hydrogen (secondary N) is 1. The molecule has 0 unspecified atom stereocenters. The van der Waals surface area contributed by atoms with E-state index in [1.54, 1.807) is 42.5 Å². The third kappa shape index (κ3) is 6.10. The van der Waals surface area contributed by atoms with Gasteiger partial charge in [-0.3, -0.25) is 4.79 Å². The summed E-state index contributed by atoms with van der Waals surface area (Å²) >= 11 is 15.7. The predicted octanol–water partition coefficient (Wildman–Crippen LogP) is 7.36. The monoisotopic (exact) mass is 586 g/mol. The number of benzene rings is 4. The fourth-order valence-corrected chi connectivity index (χ4v) is 4.34. The third-order valence-corrected chi connectivity index (χ3v) is 6.51. The first kappa shape index (κ1) is 25.8. The van der Waals surface area contributed by atoms with Crippen LogP contribution in [0.1, 0.15) is 28.4 Å². The van der Waals surface area contributed by atoms with Crippen LogP contribution in [0.5, 0.6) is 17.2 Å². The molecule has 0 heterocycles. The minimum atomic E-state index is -0.532. The SMILES string of the molecule is CCOc1cc(C=NNC(=O)c2cc3ccccc3cc2O)c(Br)cc1OCc1ccc(Cl)cc1Cl. The average Bonchev–Trinajstić information content (AvgIpc) is 2.85. The number of fused-ring (bicyclic) bond motifs is 1. The molecule has 36 heavy (non-hydrogen) atoms. The van der Waals surface area contributed by atoms with Crippen LogP contribution in [0.25, 0.3) is 10.8 Å². The molecule has 0 aliphatic rings. The smallest absolute Gasteiger partial charge is 0.275 e. The van der Waals surface area contributed by atoms with Crippen LogP contribution in [0.15, 0.2) is 76.3 Å². The number of carbonyl (C=O) groups excluding carboxylic acids is 1. The number of hydrazone groups is 1. The minimum Gasteiger partial charge on any atom is -0.507 e. The second kappa shape index (κ2) is 11.6. The second-order valence-electron chi connectivity index (χ2n) is 7.69.